The lowest BCUT2D eigenvalue weighted by molar-refractivity contribution is -0.122. The van der Waals surface area contributed by atoms with Gasteiger partial charge in [-0.15, -0.1) is 10.2 Å². The van der Waals surface area contributed by atoms with Gasteiger partial charge < -0.3 is 4.74 Å². The minimum Gasteiger partial charge on any atom is -0.481 e. The maximum atomic E-state index is 12.0. The molecule has 106 valence electrons. The Morgan fingerprint density at radius 2 is 2.05 bits per heavy atom. The molecule has 0 radical (unpaired) electrons. The summed E-state index contributed by atoms with van der Waals surface area (Å²) < 4.78 is 5.69. The summed E-state index contributed by atoms with van der Waals surface area (Å²) in [5, 5.41) is 11.7. The minimum absolute atomic E-state index is 0.235. The van der Waals surface area contributed by atoms with E-state index >= 15 is 0 Å². The molecule has 2 rings (SSSR count). The maximum absolute atomic E-state index is 12.0. The predicted molar refractivity (Wildman–Crippen MR) is 79.3 cm³/mol. The number of ether oxygens (including phenoxy) is 1. The molecule has 1 aromatic heterocycles. The predicted octanol–water partition coefficient (Wildman–Crippen LogP) is 2.87. The molecule has 1 amide bonds. The Labute approximate surface area is 122 Å². The molecule has 1 aromatic carbocycles. The molecule has 1 atom stereocenters. The SMILES string of the molecule is Cc1ccc(O[C@H](C)C(=O)Nc2nnc(C)s2)c(C)c1. The van der Waals surface area contributed by atoms with E-state index in [1.54, 1.807) is 6.92 Å². The van der Waals surface area contributed by atoms with E-state index in [4.69, 9.17) is 4.74 Å². The topological polar surface area (TPSA) is 64.1 Å². The van der Waals surface area contributed by atoms with Crippen LogP contribution in [0.5, 0.6) is 5.75 Å². The van der Waals surface area contributed by atoms with E-state index in [1.807, 2.05) is 39.0 Å². The molecular formula is C14H17N3O2S. The van der Waals surface area contributed by atoms with Crippen molar-refractivity contribution in [3.05, 3.63) is 34.3 Å². The standard InChI is InChI=1S/C14H17N3O2S/c1-8-5-6-12(9(2)7-8)19-10(3)13(18)15-14-17-16-11(4)20-14/h5-7,10H,1-4H3,(H,15,17,18)/t10-/m1/s1. The Morgan fingerprint density at radius 3 is 2.65 bits per heavy atom. The van der Waals surface area contributed by atoms with Gasteiger partial charge in [0, 0.05) is 0 Å². The maximum Gasteiger partial charge on any atom is 0.266 e. The highest BCUT2D eigenvalue weighted by atomic mass is 32.1. The molecule has 0 fully saturated rings. The highest BCUT2D eigenvalue weighted by Gasteiger charge is 2.17. The Balaban J connectivity index is 2.00. The summed E-state index contributed by atoms with van der Waals surface area (Å²) in [7, 11) is 0. The number of carbonyl (C=O) groups is 1. The van der Waals surface area contributed by atoms with Crippen molar-refractivity contribution >= 4 is 22.4 Å². The molecule has 0 aliphatic rings. The van der Waals surface area contributed by atoms with Crippen LogP contribution < -0.4 is 10.1 Å². The summed E-state index contributed by atoms with van der Waals surface area (Å²) >= 11 is 1.34. The second-order valence-corrected chi connectivity index (χ2v) is 5.83. The van der Waals surface area contributed by atoms with Crippen LogP contribution in [-0.4, -0.2) is 22.2 Å². The third-order valence-corrected chi connectivity index (χ3v) is 3.51. The van der Waals surface area contributed by atoms with Crippen molar-refractivity contribution in [1.82, 2.24) is 10.2 Å². The largest absolute Gasteiger partial charge is 0.481 e. The van der Waals surface area contributed by atoms with Crippen molar-refractivity contribution < 1.29 is 9.53 Å². The fourth-order valence-electron chi connectivity index (χ4n) is 1.73. The number of aromatic nitrogens is 2. The molecule has 0 spiro atoms. The summed E-state index contributed by atoms with van der Waals surface area (Å²) in [6.45, 7) is 7.53. The van der Waals surface area contributed by atoms with Crippen LogP contribution in [0.15, 0.2) is 18.2 Å². The van der Waals surface area contributed by atoms with Crippen LogP contribution in [0.1, 0.15) is 23.1 Å². The van der Waals surface area contributed by atoms with Gasteiger partial charge in [0.2, 0.25) is 5.13 Å². The third kappa shape index (κ3) is 3.54. The third-order valence-electron chi connectivity index (χ3n) is 2.76. The summed E-state index contributed by atoms with van der Waals surface area (Å²) in [6.07, 6.45) is -0.597. The first kappa shape index (κ1) is 14.5. The van der Waals surface area contributed by atoms with E-state index in [1.165, 1.54) is 11.3 Å². The normalized spacial score (nSPS) is 12.0. The molecular weight excluding hydrogens is 274 g/mol. The van der Waals surface area contributed by atoms with Gasteiger partial charge in [0.25, 0.3) is 5.91 Å². The molecule has 0 aliphatic carbocycles. The van der Waals surface area contributed by atoms with Gasteiger partial charge in [-0.1, -0.05) is 29.0 Å². The van der Waals surface area contributed by atoms with Gasteiger partial charge in [-0.05, 0) is 39.3 Å². The van der Waals surface area contributed by atoms with E-state index < -0.39 is 6.10 Å². The minimum atomic E-state index is -0.597. The Kier molecular flexibility index (Phi) is 4.34. The van der Waals surface area contributed by atoms with Gasteiger partial charge in [-0.3, -0.25) is 10.1 Å². The van der Waals surface area contributed by atoms with Crippen LogP contribution in [0.2, 0.25) is 0 Å². The first-order valence-electron chi connectivity index (χ1n) is 6.30. The van der Waals surface area contributed by atoms with Crippen LogP contribution in [-0.2, 0) is 4.79 Å². The number of rotatable bonds is 4. The highest BCUT2D eigenvalue weighted by molar-refractivity contribution is 7.15. The van der Waals surface area contributed by atoms with Crippen LogP contribution in [0, 0.1) is 20.8 Å². The smallest absolute Gasteiger partial charge is 0.266 e. The van der Waals surface area contributed by atoms with E-state index in [0.29, 0.717) is 10.9 Å². The van der Waals surface area contributed by atoms with E-state index in [2.05, 4.69) is 15.5 Å². The number of nitrogens with zero attached hydrogens (tertiary/aromatic N) is 2. The van der Waals surface area contributed by atoms with Crippen molar-refractivity contribution in [2.24, 2.45) is 0 Å². The van der Waals surface area contributed by atoms with E-state index in [9.17, 15) is 4.79 Å². The molecule has 20 heavy (non-hydrogen) atoms. The zero-order valence-electron chi connectivity index (χ0n) is 11.9. The second-order valence-electron chi connectivity index (χ2n) is 4.64. The van der Waals surface area contributed by atoms with Crippen molar-refractivity contribution in [3.8, 4) is 5.75 Å². The van der Waals surface area contributed by atoms with Gasteiger partial charge in [0.15, 0.2) is 6.10 Å². The average Bonchev–Trinajstić information content (AvgIpc) is 2.78. The van der Waals surface area contributed by atoms with Crippen LogP contribution in [0.4, 0.5) is 5.13 Å². The van der Waals surface area contributed by atoms with Crippen LogP contribution in [0.25, 0.3) is 0 Å². The van der Waals surface area contributed by atoms with Crippen molar-refractivity contribution in [2.45, 2.75) is 33.8 Å². The van der Waals surface area contributed by atoms with Crippen molar-refractivity contribution in [2.75, 3.05) is 5.32 Å². The fourth-order valence-corrected chi connectivity index (χ4v) is 2.32. The zero-order valence-corrected chi connectivity index (χ0v) is 12.7. The van der Waals surface area contributed by atoms with Gasteiger partial charge in [0.05, 0.1) is 0 Å². The second kappa shape index (κ2) is 6.00. The number of aryl methyl sites for hydroxylation is 3. The molecule has 0 saturated carbocycles. The van der Waals surface area contributed by atoms with Crippen LogP contribution in [0.3, 0.4) is 0 Å². The summed E-state index contributed by atoms with van der Waals surface area (Å²) in [6, 6.07) is 5.86. The number of nitrogens with one attached hydrogen (secondary N) is 1. The number of hydrogen-bond acceptors (Lipinski definition) is 5. The molecule has 1 N–H and O–H groups in total. The number of carbonyl (C=O) groups excluding carboxylic acids is 1. The molecule has 0 unspecified atom stereocenters. The lowest BCUT2D eigenvalue weighted by atomic mass is 10.1. The Bertz CT molecular complexity index is 625. The van der Waals surface area contributed by atoms with E-state index in [-0.39, 0.29) is 5.91 Å². The molecule has 1 heterocycles. The number of hydrogen-bond donors (Lipinski definition) is 1. The molecule has 0 bridgehead atoms. The van der Waals surface area contributed by atoms with Gasteiger partial charge in [0.1, 0.15) is 10.8 Å². The monoisotopic (exact) mass is 291 g/mol. The summed E-state index contributed by atoms with van der Waals surface area (Å²) in [5.41, 5.74) is 2.17. The Hall–Kier alpha value is -1.95. The first-order chi connectivity index (χ1) is 9.45. The number of benzene rings is 1. The first-order valence-corrected chi connectivity index (χ1v) is 7.12. The highest BCUT2D eigenvalue weighted by Crippen LogP contribution is 2.21. The summed E-state index contributed by atoms with van der Waals surface area (Å²) in [4.78, 5) is 12.0. The molecule has 5 nitrogen and oxygen atoms in total. The molecule has 0 saturated heterocycles. The lowest BCUT2D eigenvalue weighted by Crippen LogP contribution is -2.30. The average molecular weight is 291 g/mol. The van der Waals surface area contributed by atoms with Crippen LogP contribution >= 0.6 is 11.3 Å². The van der Waals surface area contributed by atoms with Gasteiger partial charge >= 0.3 is 0 Å². The van der Waals surface area contributed by atoms with Crippen molar-refractivity contribution in [3.63, 3.8) is 0 Å². The molecule has 6 heteroatoms. The van der Waals surface area contributed by atoms with Gasteiger partial charge in [-0.2, -0.15) is 0 Å². The lowest BCUT2D eigenvalue weighted by Gasteiger charge is -2.15. The number of anilines is 1. The number of amides is 1. The Morgan fingerprint density at radius 1 is 1.30 bits per heavy atom. The fraction of sp³-hybridized carbons (Fsp3) is 0.357. The van der Waals surface area contributed by atoms with Gasteiger partial charge in [-0.25, -0.2) is 0 Å². The van der Waals surface area contributed by atoms with E-state index in [0.717, 1.165) is 16.1 Å². The molecule has 2 aromatic rings. The zero-order chi connectivity index (χ0) is 14.7. The quantitative estimate of drug-likeness (QED) is 0.940. The molecule has 0 aliphatic heterocycles. The summed E-state index contributed by atoms with van der Waals surface area (Å²) in [5.74, 6) is 0.479. The van der Waals surface area contributed by atoms with Crippen molar-refractivity contribution in [1.29, 1.82) is 0 Å².